The van der Waals surface area contributed by atoms with Gasteiger partial charge in [0.05, 0.1) is 6.42 Å². The molecule has 7 nitrogen and oxygen atoms in total. The number of carboxylic acid groups (broad SMARTS) is 1. The van der Waals surface area contributed by atoms with Gasteiger partial charge >= 0.3 is 12.0 Å². The maximum Gasteiger partial charge on any atom is 0.319 e. The Kier molecular flexibility index (Phi) is 6.17. The highest BCUT2D eigenvalue weighted by Crippen LogP contribution is 2.20. The second kappa shape index (κ2) is 8.33. The molecule has 4 N–H and O–H groups in total. The maximum atomic E-state index is 12.2. The quantitative estimate of drug-likeness (QED) is 0.640. The van der Waals surface area contributed by atoms with Gasteiger partial charge in [0.15, 0.2) is 0 Å². The van der Waals surface area contributed by atoms with Gasteiger partial charge in [-0.2, -0.15) is 0 Å². The molecule has 0 radical (unpaired) electrons. The van der Waals surface area contributed by atoms with Crippen molar-refractivity contribution in [3.63, 3.8) is 0 Å². The second-order valence-corrected chi connectivity index (χ2v) is 6.01. The third-order valence-corrected chi connectivity index (χ3v) is 4.05. The predicted molar refractivity (Wildman–Crippen MR) is 90.2 cm³/mol. The Bertz CT molecular complexity index is 624. The number of carbonyl (C=O) groups excluding carboxylic acids is 2. The first-order valence-corrected chi connectivity index (χ1v) is 8.14. The van der Waals surface area contributed by atoms with Crippen LogP contribution in [0.5, 0.6) is 0 Å². The van der Waals surface area contributed by atoms with E-state index in [-0.39, 0.29) is 24.9 Å². The highest BCUT2D eigenvalue weighted by atomic mass is 16.4. The van der Waals surface area contributed by atoms with Crippen LogP contribution in [0.4, 0.5) is 10.5 Å². The highest BCUT2D eigenvalue weighted by molar-refractivity contribution is 5.96. The van der Waals surface area contributed by atoms with E-state index < -0.39 is 12.0 Å². The Labute approximate surface area is 140 Å². The molecule has 1 aliphatic carbocycles. The molecule has 7 heteroatoms. The van der Waals surface area contributed by atoms with Crippen LogP contribution in [0.25, 0.3) is 0 Å². The Morgan fingerprint density at radius 1 is 1.21 bits per heavy atom. The first-order chi connectivity index (χ1) is 11.5. The first-order valence-electron chi connectivity index (χ1n) is 8.14. The molecule has 0 bridgehead atoms. The molecule has 1 fully saturated rings. The lowest BCUT2D eigenvalue weighted by Crippen LogP contribution is -2.33. The number of benzene rings is 1. The minimum absolute atomic E-state index is 0.0576. The van der Waals surface area contributed by atoms with Crippen molar-refractivity contribution in [3.05, 3.63) is 29.3 Å². The van der Waals surface area contributed by atoms with Gasteiger partial charge in [0.1, 0.15) is 0 Å². The molecule has 0 saturated heterocycles. The summed E-state index contributed by atoms with van der Waals surface area (Å²) in [5.74, 6) is -1.06. The smallest absolute Gasteiger partial charge is 0.319 e. The monoisotopic (exact) mass is 333 g/mol. The molecule has 24 heavy (non-hydrogen) atoms. The SMILES string of the molecule is Cc1cc(C(=O)NC2CCCC2)ccc1NC(=O)NCCC(=O)O. The molecule has 0 unspecified atom stereocenters. The van der Waals surface area contributed by atoms with Crippen LogP contribution in [0.3, 0.4) is 0 Å². The average molecular weight is 333 g/mol. The first kappa shape index (κ1) is 17.8. The van der Waals surface area contributed by atoms with E-state index in [1.165, 1.54) is 0 Å². The summed E-state index contributed by atoms with van der Waals surface area (Å²) in [6, 6.07) is 4.87. The fourth-order valence-electron chi connectivity index (χ4n) is 2.73. The predicted octanol–water partition coefficient (Wildman–Crippen LogP) is 2.26. The van der Waals surface area contributed by atoms with E-state index in [2.05, 4.69) is 16.0 Å². The standard InChI is InChI=1S/C17H23N3O4/c1-11-10-12(16(23)19-13-4-2-3-5-13)6-7-14(11)20-17(24)18-9-8-15(21)22/h6-7,10,13H,2-5,8-9H2,1H3,(H,19,23)(H,21,22)(H2,18,20,24). The molecule has 1 aromatic rings. The number of nitrogens with one attached hydrogen (secondary N) is 3. The minimum atomic E-state index is -0.968. The van der Waals surface area contributed by atoms with Gasteiger partial charge in [0.25, 0.3) is 5.91 Å². The number of hydrogen-bond donors (Lipinski definition) is 4. The van der Waals surface area contributed by atoms with Crippen LogP contribution in [0, 0.1) is 6.92 Å². The molecule has 2 rings (SSSR count). The van der Waals surface area contributed by atoms with Gasteiger partial charge in [0.2, 0.25) is 0 Å². The normalized spacial score (nSPS) is 14.2. The van der Waals surface area contributed by atoms with Gasteiger partial charge in [-0.15, -0.1) is 0 Å². The molecule has 1 saturated carbocycles. The number of carboxylic acids is 1. The number of anilines is 1. The molecule has 0 heterocycles. The molecular formula is C17H23N3O4. The maximum absolute atomic E-state index is 12.2. The van der Waals surface area contributed by atoms with Crippen molar-refractivity contribution in [1.82, 2.24) is 10.6 Å². The molecular weight excluding hydrogens is 310 g/mol. The number of amides is 3. The molecule has 1 aliphatic rings. The average Bonchev–Trinajstić information content (AvgIpc) is 3.01. The number of hydrogen-bond acceptors (Lipinski definition) is 3. The molecule has 0 aromatic heterocycles. The Morgan fingerprint density at radius 3 is 2.54 bits per heavy atom. The van der Waals surface area contributed by atoms with Crippen LogP contribution in [0.15, 0.2) is 18.2 Å². The van der Waals surface area contributed by atoms with Gasteiger partial charge in [-0.3, -0.25) is 9.59 Å². The lowest BCUT2D eigenvalue weighted by atomic mass is 10.1. The van der Waals surface area contributed by atoms with Crippen molar-refractivity contribution in [2.75, 3.05) is 11.9 Å². The third-order valence-electron chi connectivity index (χ3n) is 4.05. The Balaban J connectivity index is 1.90. The number of aliphatic carboxylic acids is 1. The van der Waals surface area contributed by atoms with E-state index >= 15 is 0 Å². The van der Waals surface area contributed by atoms with E-state index in [9.17, 15) is 14.4 Å². The summed E-state index contributed by atoms with van der Waals surface area (Å²) in [6.07, 6.45) is 4.24. The van der Waals surface area contributed by atoms with Crippen molar-refractivity contribution >= 4 is 23.6 Å². The summed E-state index contributed by atoms with van der Waals surface area (Å²) >= 11 is 0. The fourth-order valence-corrected chi connectivity index (χ4v) is 2.73. The van der Waals surface area contributed by atoms with Crippen LogP contribution in [-0.2, 0) is 4.79 Å². The number of rotatable bonds is 6. The van der Waals surface area contributed by atoms with Crippen LogP contribution >= 0.6 is 0 Å². The summed E-state index contributed by atoms with van der Waals surface area (Å²) in [7, 11) is 0. The van der Waals surface area contributed by atoms with E-state index in [4.69, 9.17) is 5.11 Å². The van der Waals surface area contributed by atoms with Gasteiger partial charge in [-0.25, -0.2) is 4.79 Å². The second-order valence-electron chi connectivity index (χ2n) is 6.01. The summed E-state index contributed by atoms with van der Waals surface area (Å²) in [4.78, 5) is 34.3. The van der Waals surface area contributed by atoms with Gasteiger partial charge in [-0.1, -0.05) is 12.8 Å². The largest absolute Gasteiger partial charge is 0.481 e. The van der Waals surface area contributed by atoms with Crippen molar-refractivity contribution in [3.8, 4) is 0 Å². The summed E-state index contributed by atoms with van der Waals surface area (Å²) < 4.78 is 0. The van der Waals surface area contributed by atoms with Gasteiger partial charge in [0, 0.05) is 23.8 Å². The number of urea groups is 1. The zero-order valence-electron chi connectivity index (χ0n) is 13.7. The zero-order chi connectivity index (χ0) is 17.5. The number of carbonyl (C=O) groups is 3. The topological polar surface area (TPSA) is 108 Å². The fraction of sp³-hybridized carbons (Fsp3) is 0.471. The Morgan fingerprint density at radius 2 is 1.92 bits per heavy atom. The molecule has 3 amide bonds. The molecule has 0 spiro atoms. The zero-order valence-corrected chi connectivity index (χ0v) is 13.7. The van der Waals surface area contributed by atoms with Crippen LogP contribution in [0.2, 0.25) is 0 Å². The summed E-state index contributed by atoms with van der Waals surface area (Å²) in [5, 5.41) is 16.7. The van der Waals surface area contributed by atoms with E-state index in [0.29, 0.717) is 11.3 Å². The Hall–Kier alpha value is -2.57. The van der Waals surface area contributed by atoms with Gasteiger partial charge < -0.3 is 21.1 Å². The highest BCUT2D eigenvalue weighted by Gasteiger charge is 2.18. The van der Waals surface area contributed by atoms with Gasteiger partial charge in [-0.05, 0) is 43.5 Å². The van der Waals surface area contributed by atoms with Crippen molar-refractivity contribution in [2.24, 2.45) is 0 Å². The van der Waals surface area contributed by atoms with Crippen molar-refractivity contribution in [2.45, 2.75) is 45.1 Å². The number of aryl methyl sites for hydroxylation is 1. The molecule has 130 valence electrons. The van der Waals surface area contributed by atoms with Crippen LogP contribution in [-0.4, -0.2) is 35.6 Å². The third kappa shape index (κ3) is 5.26. The lowest BCUT2D eigenvalue weighted by molar-refractivity contribution is -0.136. The van der Waals surface area contributed by atoms with E-state index in [1.807, 2.05) is 0 Å². The van der Waals surface area contributed by atoms with Crippen LogP contribution in [0.1, 0.15) is 48.0 Å². The van der Waals surface area contributed by atoms with Crippen molar-refractivity contribution in [1.29, 1.82) is 0 Å². The van der Waals surface area contributed by atoms with E-state index in [1.54, 1.807) is 25.1 Å². The molecule has 0 aliphatic heterocycles. The molecule has 0 atom stereocenters. The molecule has 1 aromatic carbocycles. The minimum Gasteiger partial charge on any atom is -0.481 e. The van der Waals surface area contributed by atoms with Crippen LogP contribution < -0.4 is 16.0 Å². The van der Waals surface area contributed by atoms with Crippen molar-refractivity contribution < 1.29 is 19.5 Å². The summed E-state index contributed by atoms with van der Waals surface area (Å²) in [5.41, 5.74) is 1.92. The summed E-state index contributed by atoms with van der Waals surface area (Å²) in [6.45, 7) is 1.86. The van der Waals surface area contributed by atoms with E-state index in [0.717, 1.165) is 31.2 Å². The lowest BCUT2D eigenvalue weighted by Gasteiger charge is -2.14.